The number of hydrogen-bond donors (Lipinski definition) is 1. The summed E-state index contributed by atoms with van der Waals surface area (Å²) in [5.41, 5.74) is -0.616. The lowest BCUT2D eigenvalue weighted by molar-refractivity contribution is -0.145. The number of ketones is 1. The van der Waals surface area contributed by atoms with Crippen LogP contribution < -0.4 is 0 Å². The average Bonchev–Trinajstić information content (AvgIpc) is 2.81. The van der Waals surface area contributed by atoms with Crippen molar-refractivity contribution in [2.45, 2.75) is 65.5 Å². The molecule has 0 radical (unpaired) electrons. The Bertz CT molecular complexity index is 438. The van der Waals surface area contributed by atoms with Crippen LogP contribution in [0.1, 0.15) is 53.9 Å². The van der Waals surface area contributed by atoms with Gasteiger partial charge in [-0.3, -0.25) is 14.5 Å². The smallest absolute Gasteiger partial charge is 0.410 e. The van der Waals surface area contributed by atoms with Crippen LogP contribution in [0.2, 0.25) is 0 Å². The highest BCUT2D eigenvalue weighted by Crippen LogP contribution is 2.25. The van der Waals surface area contributed by atoms with Gasteiger partial charge in [0.15, 0.2) is 5.78 Å². The SMILES string of the molecule is CC(C)[C@@H](CC(=O)[C@@H]1CCCN1C(=O)OC(C)(C)C)C(=O)O. The van der Waals surface area contributed by atoms with Gasteiger partial charge in [-0.1, -0.05) is 13.8 Å². The summed E-state index contributed by atoms with van der Waals surface area (Å²) in [6.07, 6.45) is 0.758. The van der Waals surface area contributed by atoms with E-state index < -0.39 is 29.6 Å². The number of carboxylic acids is 1. The number of nitrogens with zero attached hydrogens (tertiary/aromatic N) is 1. The van der Waals surface area contributed by atoms with E-state index in [1.807, 2.05) is 0 Å². The Kier molecular flexibility index (Phi) is 5.97. The molecule has 0 aromatic heterocycles. The Morgan fingerprint density at radius 3 is 2.32 bits per heavy atom. The fraction of sp³-hybridized carbons (Fsp3) is 0.812. The predicted molar refractivity (Wildman–Crippen MR) is 81.5 cm³/mol. The number of aliphatic carboxylic acids is 1. The van der Waals surface area contributed by atoms with Crippen molar-refractivity contribution in [3.8, 4) is 0 Å². The van der Waals surface area contributed by atoms with E-state index in [-0.39, 0.29) is 18.1 Å². The number of amides is 1. The van der Waals surface area contributed by atoms with Gasteiger partial charge in [-0.15, -0.1) is 0 Å². The van der Waals surface area contributed by atoms with E-state index in [9.17, 15) is 19.5 Å². The van der Waals surface area contributed by atoms with Crippen LogP contribution in [0.4, 0.5) is 4.79 Å². The molecule has 1 heterocycles. The third-order valence-electron chi connectivity index (χ3n) is 3.80. The van der Waals surface area contributed by atoms with Gasteiger partial charge in [-0.25, -0.2) is 4.79 Å². The van der Waals surface area contributed by atoms with E-state index in [4.69, 9.17) is 4.74 Å². The highest BCUT2D eigenvalue weighted by molar-refractivity contribution is 5.90. The van der Waals surface area contributed by atoms with Gasteiger partial charge in [0.05, 0.1) is 12.0 Å². The molecule has 1 rings (SSSR count). The molecule has 0 spiro atoms. The molecule has 2 atom stereocenters. The van der Waals surface area contributed by atoms with E-state index in [0.29, 0.717) is 13.0 Å². The van der Waals surface area contributed by atoms with Crippen molar-refractivity contribution in [2.24, 2.45) is 11.8 Å². The summed E-state index contributed by atoms with van der Waals surface area (Å²) >= 11 is 0. The number of carbonyl (C=O) groups excluding carboxylic acids is 2. The molecule has 6 heteroatoms. The Morgan fingerprint density at radius 1 is 1.27 bits per heavy atom. The first-order chi connectivity index (χ1) is 10.0. The molecule has 22 heavy (non-hydrogen) atoms. The van der Waals surface area contributed by atoms with Gasteiger partial charge < -0.3 is 9.84 Å². The minimum atomic E-state index is -0.967. The van der Waals surface area contributed by atoms with Gasteiger partial charge in [-0.05, 0) is 39.5 Å². The number of carbonyl (C=O) groups is 3. The summed E-state index contributed by atoms with van der Waals surface area (Å²) in [6.45, 7) is 9.37. The second kappa shape index (κ2) is 7.11. The second-order valence-electron chi connectivity index (χ2n) is 7.19. The number of ether oxygens (including phenoxy) is 1. The molecule has 0 unspecified atom stereocenters. The highest BCUT2D eigenvalue weighted by Gasteiger charge is 2.38. The van der Waals surface area contributed by atoms with Gasteiger partial charge in [0.2, 0.25) is 0 Å². The fourth-order valence-corrected chi connectivity index (χ4v) is 2.60. The molecule has 0 aromatic rings. The molecule has 1 N–H and O–H groups in total. The maximum absolute atomic E-state index is 12.4. The lowest BCUT2D eigenvalue weighted by atomic mass is 9.88. The third kappa shape index (κ3) is 5.00. The van der Waals surface area contributed by atoms with E-state index in [0.717, 1.165) is 6.42 Å². The molecular weight excluding hydrogens is 286 g/mol. The molecule has 0 bridgehead atoms. The van der Waals surface area contributed by atoms with Crippen LogP contribution in [0.3, 0.4) is 0 Å². The number of likely N-dealkylation sites (tertiary alicyclic amines) is 1. The first-order valence-electron chi connectivity index (χ1n) is 7.78. The largest absolute Gasteiger partial charge is 0.481 e. The Hall–Kier alpha value is -1.59. The first-order valence-corrected chi connectivity index (χ1v) is 7.78. The molecule has 0 aromatic carbocycles. The van der Waals surface area contributed by atoms with E-state index in [1.54, 1.807) is 34.6 Å². The minimum Gasteiger partial charge on any atom is -0.481 e. The van der Waals surface area contributed by atoms with E-state index in [2.05, 4.69) is 0 Å². The van der Waals surface area contributed by atoms with Gasteiger partial charge in [0, 0.05) is 13.0 Å². The molecule has 126 valence electrons. The first kappa shape index (κ1) is 18.5. The fourth-order valence-electron chi connectivity index (χ4n) is 2.60. The second-order valence-corrected chi connectivity index (χ2v) is 7.19. The van der Waals surface area contributed by atoms with Crippen molar-refractivity contribution in [1.82, 2.24) is 4.90 Å². The zero-order valence-corrected chi connectivity index (χ0v) is 14.1. The minimum absolute atomic E-state index is 0.0447. The number of carboxylic acid groups (broad SMARTS) is 1. The summed E-state index contributed by atoms with van der Waals surface area (Å²) < 4.78 is 5.32. The lowest BCUT2D eigenvalue weighted by Gasteiger charge is -2.28. The van der Waals surface area contributed by atoms with Crippen molar-refractivity contribution in [3.63, 3.8) is 0 Å². The molecule has 1 aliphatic heterocycles. The summed E-state index contributed by atoms with van der Waals surface area (Å²) in [5.74, 6) is -2.00. The maximum Gasteiger partial charge on any atom is 0.410 e. The number of Topliss-reactive ketones (excluding diaryl/α,β-unsaturated/α-hetero) is 1. The van der Waals surface area contributed by atoms with Crippen molar-refractivity contribution >= 4 is 17.8 Å². The predicted octanol–water partition coefficient (Wildman–Crippen LogP) is 2.70. The standard InChI is InChI=1S/C16H27NO5/c1-10(2)11(14(19)20)9-13(18)12-7-6-8-17(12)15(21)22-16(3,4)5/h10-12H,6-9H2,1-5H3,(H,19,20)/t11-,12+/m1/s1. The van der Waals surface area contributed by atoms with Gasteiger partial charge in [0.25, 0.3) is 0 Å². The van der Waals surface area contributed by atoms with Crippen molar-refractivity contribution in [1.29, 1.82) is 0 Å². The van der Waals surface area contributed by atoms with Gasteiger partial charge in [0.1, 0.15) is 5.60 Å². The zero-order valence-electron chi connectivity index (χ0n) is 14.1. The summed E-state index contributed by atoms with van der Waals surface area (Å²) in [7, 11) is 0. The quantitative estimate of drug-likeness (QED) is 0.843. The molecule has 0 aliphatic carbocycles. The monoisotopic (exact) mass is 313 g/mol. The summed E-state index contributed by atoms with van der Waals surface area (Å²) in [5, 5.41) is 9.21. The molecule has 6 nitrogen and oxygen atoms in total. The molecule has 0 saturated carbocycles. The molecule has 1 amide bonds. The normalized spacial score (nSPS) is 20.1. The molecule has 1 fully saturated rings. The maximum atomic E-state index is 12.4. The van der Waals surface area contributed by atoms with Crippen LogP contribution in [-0.4, -0.2) is 46.0 Å². The molecular formula is C16H27NO5. The van der Waals surface area contributed by atoms with Crippen LogP contribution in [0, 0.1) is 11.8 Å². The number of hydrogen-bond acceptors (Lipinski definition) is 4. The average molecular weight is 313 g/mol. The topological polar surface area (TPSA) is 83.9 Å². The van der Waals surface area contributed by atoms with Crippen LogP contribution >= 0.6 is 0 Å². The van der Waals surface area contributed by atoms with Crippen LogP contribution in [0.5, 0.6) is 0 Å². The third-order valence-corrected chi connectivity index (χ3v) is 3.80. The summed E-state index contributed by atoms with van der Waals surface area (Å²) in [6, 6.07) is -0.560. The number of rotatable bonds is 5. The van der Waals surface area contributed by atoms with Crippen LogP contribution in [-0.2, 0) is 14.3 Å². The summed E-state index contributed by atoms with van der Waals surface area (Å²) in [4.78, 5) is 37.3. The van der Waals surface area contributed by atoms with Crippen molar-refractivity contribution in [3.05, 3.63) is 0 Å². The van der Waals surface area contributed by atoms with E-state index in [1.165, 1.54) is 4.90 Å². The Labute approximate surface area is 131 Å². The van der Waals surface area contributed by atoms with Gasteiger partial charge in [-0.2, -0.15) is 0 Å². The van der Waals surface area contributed by atoms with E-state index >= 15 is 0 Å². The zero-order chi connectivity index (χ0) is 17.1. The van der Waals surface area contributed by atoms with Crippen molar-refractivity contribution < 1.29 is 24.2 Å². The lowest BCUT2D eigenvalue weighted by Crippen LogP contribution is -2.44. The van der Waals surface area contributed by atoms with Crippen LogP contribution in [0.15, 0.2) is 0 Å². The Balaban J connectivity index is 2.75. The highest BCUT2D eigenvalue weighted by atomic mass is 16.6. The van der Waals surface area contributed by atoms with Crippen molar-refractivity contribution in [2.75, 3.05) is 6.54 Å². The van der Waals surface area contributed by atoms with Gasteiger partial charge >= 0.3 is 12.1 Å². The molecule has 1 aliphatic rings. The van der Waals surface area contributed by atoms with Crippen LogP contribution in [0.25, 0.3) is 0 Å². The molecule has 1 saturated heterocycles. The Morgan fingerprint density at radius 2 is 1.86 bits per heavy atom.